The van der Waals surface area contributed by atoms with Crippen LogP contribution >= 0.6 is 0 Å². The summed E-state index contributed by atoms with van der Waals surface area (Å²) >= 11 is 0. The number of nitrogens with zero attached hydrogens (tertiary/aromatic N) is 1. The Morgan fingerprint density at radius 2 is 1.96 bits per heavy atom. The molecule has 128 valence electrons. The van der Waals surface area contributed by atoms with Crippen molar-refractivity contribution in [3.05, 3.63) is 11.1 Å². The second kappa shape index (κ2) is 6.29. The molecule has 1 atom stereocenters. The molecule has 1 aliphatic carbocycles. The topological polar surface area (TPSA) is 46.6 Å². The van der Waals surface area contributed by atoms with Crippen LogP contribution in [-0.2, 0) is 14.3 Å². The van der Waals surface area contributed by atoms with Crippen LogP contribution in [0.3, 0.4) is 0 Å². The molecule has 2 fully saturated rings. The summed E-state index contributed by atoms with van der Waals surface area (Å²) in [6, 6.07) is 0.312. The van der Waals surface area contributed by atoms with Crippen LogP contribution in [0.1, 0.15) is 72.1 Å². The highest BCUT2D eigenvalue weighted by molar-refractivity contribution is 6.07. The van der Waals surface area contributed by atoms with Crippen molar-refractivity contribution in [2.24, 2.45) is 5.92 Å². The number of rotatable bonds is 2. The first-order valence-corrected chi connectivity index (χ1v) is 9.24. The van der Waals surface area contributed by atoms with Crippen LogP contribution in [0.15, 0.2) is 11.1 Å². The van der Waals surface area contributed by atoms with E-state index in [0.29, 0.717) is 23.1 Å². The molecule has 2 aliphatic heterocycles. The van der Waals surface area contributed by atoms with Crippen molar-refractivity contribution in [1.29, 1.82) is 0 Å². The zero-order valence-electron chi connectivity index (χ0n) is 14.7. The maximum atomic E-state index is 13.3. The minimum atomic E-state index is -0.638. The van der Waals surface area contributed by atoms with Gasteiger partial charge in [-0.1, -0.05) is 13.8 Å². The lowest BCUT2D eigenvalue weighted by Crippen LogP contribution is -2.49. The van der Waals surface area contributed by atoms with Gasteiger partial charge in [-0.05, 0) is 64.2 Å². The van der Waals surface area contributed by atoms with E-state index in [1.54, 1.807) is 6.92 Å². The molecule has 4 nitrogen and oxygen atoms in total. The fourth-order valence-corrected chi connectivity index (χ4v) is 4.52. The molecular formula is C19H29NO3. The fourth-order valence-electron chi connectivity index (χ4n) is 4.52. The van der Waals surface area contributed by atoms with E-state index in [0.717, 1.165) is 51.5 Å². The van der Waals surface area contributed by atoms with E-state index in [-0.39, 0.29) is 11.9 Å². The van der Waals surface area contributed by atoms with Gasteiger partial charge in [-0.15, -0.1) is 0 Å². The summed E-state index contributed by atoms with van der Waals surface area (Å²) in [5.74, 6) is 0.428. The van der Waals surface area contributed by atoms with Crippen LogP contribution in [0.25, 0.3) is 0 Å². The Labute approximate surface area is 139 Å². The third-order valence-electron chi connectivity index (χ3n) is 6.08. The van der Waals surface area contributed by atoms with Crippen molar-refractivity contribution in [2.45, 2.75) is 83.8 Å². The van der Waals surface area contributed by atoms with Gasteiger partial charge in [-0.2, -0.15) is 0 Å². The molecule has 2 heterocycles. The molecule has 1 spiro atoms. The average molecular weight is 319 g/mol. The van der Waals surface area contributed by atoms with Gasteiger partial charge in [-0.3, -0.25) is 4.79 Å². The second-order valence-corrected chi connectivity index (χ2v) is 7.62. The Kier molecular flexibility index (Phi) is 4.52. The molecule has 3 rings (SSSR count). The molecule has 0 bridgehead atoms. The summed E-state index contributed by atoms with van der Waals surface area (Å²) in [7, 11) is 0. The van der Waals surface area contributed by atoms with Gasteiger partial charge in [0.05, 0.1) is 5.57 Å². The van der Waals surface area contributed by atoms with Crippen LogP contribution in [0.5, 0.6) is 0 Å². The molecule has 1 unspecified atom stereocenters. The van der Waals surface area contributed by atoms with Crippen LogP contribution < -0.4 is 0 Å². The van der Waals surface area contributed by atoms with Gasteiger partial charge in [0, 0.05) is 18.2 Å². The standard InChI is InChI=1S/C19H29NO3/c1-4-15-7-5-6-12-20(15)17(21)16-14(3)18(22)23-19(16)10-8-13(2)9-11-19/h13,15H,4-12H2,1-3H3. The van der Waals surface area contributed by atoms with E-state index in [1.807, 2.05) is 4.90 Å². The minimum absolute atomic E-state index is 0.0643. The van der Waals surface area contributed by atoms with Gasteiger partial charge in [0.25, 0.3) is 5.91 Å². The number of hydrogen-bond donors (Lipinski definition) is 0. The van der Waals surface area contributed by atoms with Crippen molar-refractivity contribution < 1.29 is 14.3 Å². The lowest BCUT2D eigenvalue weighted by molar-refractivity contribution is -0.151. The lowest BCUT2D eigenvalue weighted by Gasteiger charge is -2.41. The molecule has 0 N–H and O–H groups in total. The van der Waals surface area contributed by atoms with E-state index in [4.69, 9.17) is 4.74 Å². The largest absolute Gasteiger partial charge is 0.451 e. The van der Waals surface area contributed by atoms with Gasteiger partial charge in [0.1, 0.15) is 5.60 Å². The normalized spacial score (nSPS) is 34.9. The van der Waals surface area contributed by atoms with Gasteiger partial charge in [0.15, 0.2) is 0 Å². The first kappa shape index (κ1) is 16.5. The first-order chi connectivity index (χ1) is 11.0. The van der Waals surface area contributed by atoms with E-state index in [1.165, 1.54) is 6.42 Å². The van der Waals surface area contributed by atoms with Crippen LogP contribution in [0.2, 0.25) is 0 Å². The predicted octanol–water partition coefficient (Wildman–Crippen LogP) is 3.60. The Hall–Kier alpha value is -1.32. The van der Waals surface area contributed by atoms with E-state index >= 15 is 0 Å². The highest BCUT2D eigenvalue weighted by Crippen LogP contribution is 2.46. The first-order valence-electron chi connectivity index (χ1n) is 9.24. The summed E-state index contributed by atoms with van der Waals surface area (Å²) in [6.45, 7) is 6.97. The number of carbonyl (C=O) groups is 2. The smallest absolute Gasteiger partial charge is 0.335 e. The number of ether oxygens (including phenoxy) is 1. The van der Waals surface area contributed by atoms with Crippen molar-refractivity contribution in [3.63, 3.8) is 0 Å². The van der Waals surface area contributed by atoms with Crippen LogP contribution in [0.4, 0.5) is 0 Å². The third-order valence-corrected chi connectivity index (χ3v) is 6.08. The highest BCUT2D eigenvalue weighted by Gasteiger charge is 2.51. The number of esters is 1. The second-order valence-electron chi connectivity index (χ2n) is 7.62. The molecule has 0 aromatic carbocycles. The Bertz CT molecular complexity index is 529. The molecule has 0 radical (unpaired) electrons. The number of likely N-dealkylation sites (tertiary alicyclic amines) is 1. The number of hydrogen-bond acceptors (Lipinski definition) is 3. The summed E-state index contributed by atoms with van der Waals surface area (Å²) in [6.07, 6.45) is 7.95. The van der Waals surface area contributed by atoms with Crippen molar-refractivity contribution in [1.82, 2.24) is 4.90 Å². The molecule has 1 saturated heterocycles. The minimum Gasteiger partial charge on any atom is -0.451 e. The maximum Gasteiger partial charge on any atom is 0.335 e. The van der Waals surface area contributed by atoms with Crippen molar-refractivity contribution in [3.8, 4) is 0 Å². The van der Waals surface area contributed by atoms with Gasteiger partial charge < -0.3 is 9.64 Å². The zero-order chi connectivity index (χ0) is 16.6. The molecule has 3 aliphatic rings. The summed E-state index contributed by atoms with van der Waals surface area (Å²) in [5, 5.41) is 0. The molecular weight excluding hydrogens is 290 g/mol. The molecule has 0 aromatic rings. The van der Waals surface area contributed by atoms with Crippen molar-refractivity contribution >= 4 is 11.9 Å². The fraction of sp³-hybridized carbons (Fsp3) is 0.789. The quantitative estimate of drug-likeness (QED) is 0.731. The number of piperidine rings is 1. The zero-order valence-corrected chi connectivity index (χ0v) is 14.7. The van der Waals surface area contributed by atoms with Gasteiger partial charge >= 0.3 is 5.97 Å². The molecule has 0 aromatic heterocycles. The number of carbonyl (C=O) groups excluding carboxylic acids is 2. The average Bonchev–Trinajstić information content (AvgIpc) is 2.80. The SMILES string of the molecule is CCC1CCCCN1C(=O)C1=C(C)C(=O)OC12CCC(C)CC2. The summed E-state index contributed by atoms with van der Waals surface area (Å²) in [5.41, 5.74) is 0.584. The highest BCUT2D eigenvalue weighted by atomic mass is 16.6. The van der Waals surface area contributed by atoms with Crippen molar-refractivity contribution in [2.75, 3.05) is 6.54 Å². The predicted molar refractivity (Wildman–Crippen MR) is 88.8 cm³/mol. The van der Waals surface area contributed by atoms with E-state index < -0.39 is 5.60 Å². The van der Waals surface area contributed by atoms with E-state index in [9.17, 15) is 9.59 Å². The van der Waals surface area contributed by atoms with Gasteiger partial charge in [0.2, 0.25) is 0 Å². The maximum absolute atomic E-state index is 13.3. The number of amides is 1. The summed E-state index contributed by atoms with van der Waals surface area (Å²) < 4.78 is 5.78. The monoisotopic (exact) mass is 319 g/mol. The molecule has 1 amide bonds. The summed E-state index contributed by atoms with van der Waals surface area (Å²) in [4.78, 5) is 27.6. The Balaban J connectivity index is 1.91. The van der Waals surface area contributed by atoms with Gasteiger partial charge in [-0.25, -0.2) is 4.79 Å². The van der Waals surface area contributed by atoms with Crippen LogP contribution in [0, 0.1) is 5.92 Å². The lowest BCUT2D eigenvalue weighted by atomic mass is 9.74. The molecule has 23 heavy (non-hydrogen) atoms. The molecule has 1 saturated carbocycles. The Morgan fingerprint density at radius 1 is 1.26 bits per heavy atom. The third kappa shape index (κ3) is 2.81. The Morgan fingerprint density at radius 3 is 2.61 bits per heavy atom. The van der Waals surface area contributed by atoms with Crippen LogP contribution in [-0.4, -0.2) is 35.0 Å². The van der Waals surface area contributed by atoms with E-state index in [2.05, 4.69) is 13.8 Å². The molecule has 4 heteroatoms.